The molecule has 0 amide bonds. The van der Waals surface area contributed by atoms with Crippen molar-refractivity contribution in [1.29, 1.82) is 0 Å². The molecule has 3 aromatic carbocycles. The summed E-state index contributed by atoms with van der Waals surface area (Å²) in [5.41, 5.74) is 1.94. The molecular weight excluding hydrogens is 430 g/mol. The molecule has 0 aliphatic carbocycles. The van der Waals surface area contributed by atoms with Crippen molar-refractivity contribution in [3.8, 4) is 11.5 Å². The number of hydrogen-bond acceptors (Lipinski definition) is 6. The van der Waals surface area contributed by atoms with Gasteiger partial charge in [-0.3, -0.25) is 4.79 Å². The third kappa shape index (κ3) is 4.71. The number of Topliss-reactive ketones (excluding diaryl/α,β-unsaturated/α-hetero) is 1. The molecule has 0 unspecified atom stereocenters. The number of ketones is 1. The fourth-order valence-corrected chi connectivity index (χ4v) is 3.35. The fourth-order valence-electron chi connectivity index (χ4n) is 3.08. The summed E-state index contributed by atoms with van der Waals surface area (Å²) in [4.78, 5) is 28.9. The van der Waals surface area contributed by atoms with Crippen molar-refractivity contribution < 1.29 is 23.8 Å². The minimum atomic E-state index is -0.562. The predicted molar refractivity (Wildman–Crippen MR) is 121 cm³/mol. The first-order valence-electron chi connectivity index (χ1n) is 9.71. The lowest BCUT2D eigenvalue weighted by atomic mass is 10.1. The van der Waals surface area contributed by atoms with E-state index in [2.05, 4.69) is 4.99 Å². The first-order chi connectivity index (χ1) is 15.5. The van der Waals surface area contributed by atoms with E-state index in [0.29, 0.717) is 22.4 Å². The van der Waals surface area contributed by atoms with Crippen LogP contribution in [0.4, 0.5) is 0 Å². The zero-order valence-electron chi connectivity index (χ0n) is 17.1. The lowest BCUT2D eigenvalue weighted by molar-refractivity contribution is -0.129. The second kappa shape index (κ2) is 9.49. The van der Waals surface area contributed by atoms with Gasteiger partial charge in [0.2, 0.25) is 5.90 Å². The van der Waals surface area contributed by atoms with E-state index in [1.165, 1.54) is 7.11 Å². The Bertz CT molecular complexity index is 1220. The van der Waals surface area contributed by atoms with Crippen molar-refractivity contribution in [2.24, 2.45) is 4.99 Å². The summed E-state index contributed by atoms with van der Waals surface area (Å²) in [5.74, 6) is 0.0466. The second-order valence-corrected chi connectivity index (χ2v) is 7.22. The Kier molecular flexibility index (Phi) is 6.33. The zero-order valence-corrected chi connectivity index (χ0v) is 17.8. The summed E-state index contributed by atoms with van der Waals surface area (Å²) in [6.45, 7) is -0.197. The number of ether oxygens (including phenoxy) is 3. The van der Waals surface area contributed by atoms with Crippen LogP contribution in [0.2, 0.25) is 5.02 Å². The number of carbonyl (C=O) groups excluding carboxylic acids is 2. The molecule has 0 radical (unpaired) electrons. The molecule has 1 heterocycles. The second-order valence-electron chi connectivity index (χ2n) is 6.81. The third-order valence-electron chi connectivity index (χ3n) is 4.64. The number of methoxy groups -OCH3 is 1. The number of benzene rings is 3. The van der Waals surface area contributed by atoms with Gasteiger partial charge >= 0.3 is 5.97 Å². The number of aliphatic imine (C=N–C) groups is 1. The normalized spacial score (nSPS) is 14.1. The fraction of sp³-hybridized carbons (Fsp3) is 0.0800. The molecule has 0 atom stereocenters. The van der Waals surface area contributed by atoms with Crippen LogP contribution in [0, 0.1) is 0 Å². The quantitative estimate of drug-likeness (QED) is 0.291. The Balaban J connectivity index is 1.56. The molecule has 0 aromatic heterocycles. The van der Waals surface area contributed by atoms with E-state index in [4.69, 9.17) is 25.8 Å². The van der Waals surface area contributed by atoms with Gasteiger partial charge in [0, 0.05) is 11.1 Å². The highest BCUT2D eigenvalue weighted by Crippen LogP contribution is 2.37. The molecule has 0 saturated carbocycles. The van der Waals surface area contributed by atoms with Crippen LogP contribution in [0.5, 0.6) is 11.5 Å². The van der Waals surface area contributed by atoms with E-state index >= 15 is 0 Å². The van der Waals surface area contributed by atoms with Gasteiger partial charge < -0.3 is 14.2 Å². The molecule has 6 nitrogen and oxygen atoms in total. The largest absolute Gasteiger partial charge is 0.493 e. The summed E-state index contributed by atoms with van der Waals surface area (Å²) in [7, 11) is 1.46. The average Bonchev–Trinajstić information content (AvgIpc) is 3.19. The first kappa shape index (κ1) is 21.3. The Hall–Kier alpha value is -3.90. The summed E-state index contributed by atoms with van der Waals surface area (Å²) in [6.07, 6.45) is 1.55. The maximum absolute atomic E-state index is 12.3. The smallest absolute Gasteiger partial charge is 0.363 e. The summed E-state index contributed by atoms with van der Waals surface area (Å²) < 4.78 is 16.3. The van der Waals surface area contributed by atoms with E-state index in [1.54, 1.807) is 54.6 Å². The SMILES string of the molecule is COc1cc(/C=C2\N=C(c3ccccc3)OC2=O)cc(Cl)c1OCC(=O)c1ccccc1. The van der Waals surface area contributed by atoms with Gasteiger partial charge in [0.05, 0.1) is 12.1 Å². The van der Waals surface area contributed by atoms with E-state index in [9.17, 15) is 9.59 Å². The zero-order chi connectivity index (χ0) is 22.5. The number of nitrogens with zero attached hydrogens (tertiary/aromatic N) is 1. The standard InChI is InChI=1S/C25H18ClNO5/c1-30-22-14-16(13-20-25(29)32-24(27-20)18-10-6-3-7-11-18)12-19(26)23(22)31-15-21(28)17-8-4-2-5-9-17/h2-14H,15H2,1H3/b20-13-. The van der Waals surface area contributed by atoms with Crippen LogP contribution in [0.15, 0.2) is 83.5 Å². The van der Waals surface area contributed by atoms with E-state index in [1.807, 2.05) is 24.3 Å². The van der Waals surface area contributed by atoms with E-state index in [-0.39, 0.29) is 34.8 Å². The van der Waals surface area contributed by atoms with Crippen molar-refractivity contribution in [1.82, 2.24) is 0 Å². The van der Waals surface area contributed by atoms with Gasteiger partial charge in [-0.2, -0.15) is 0 Å². The lowest BCUT2D eigenvalue weighted by Gasteiger charge is -2.13. The van der Waals surface area contributed by atoms with Gasteiger partial charge in [-0.1, -0.05) is 60.1 Å². The minimum Gasteiger partial charge on any atom is -0.493 e. The van der Waals surface area contributed by atoms with Gasteiger partial charge in [-0.05, 0) is 35.9 Å². The van der Waals surface area contributed by atoms with Crippen LogP contribution < -0.4 is 9.47 Å². The molecule has 1 aliphatic heterocycles. The van der Waals surface area contributed by atoms with Crippen molar-refractivity contribution in [2.75, 3.05) is 13.7 Å². The molecule has 0 fully saturated rings. The van der Waals surface area contributed by atoms with Gasteiger partial charge in [0.1, 0.15) is 0 Å². The van der Waals surface area contributed by atoms with Crippen LogP contribution in [0.3, 0.4) is 0 Å². The number of rotatable bonds is 7. The van der Waals surface area contributed by atoms with Crippen molar-refractivity contribution in [2.45, 2.75) is 0 Å². The number of carbonyl (C=O) groups is 2. The van der Waals surface area contributed by atoms with Crippen molar-refractivity contribution in [3.05, 3.63) is 100 Å². The third-order valence-corrected chi connectivity index (χ3v) is 4.92. The van der Waals surface area contributed by atoms with Crippen LogP contribution >= 0.6 is 11.6 Å². The maximum atomic E-state index is 12.3. The van der Waals surface area contributed by atoms with Gasteiger partial charge in [-0.15, -0.1) is 0 Å². The molecule has 160 valence electrons. The highest BCUT2D eigenvalue weighted by atomic mass is 35.5. The molecular formula is C25H18ClNO5. The maximum Gasteiger partial charge on any atom is 0.363 e. The predicted octanol–water partition coefficient (Wildman–Crippen LogP) is 4.95. The van der Waals surface area contributed by atoms with E-state index < -0.39 is 5.97 Å². The van der Waals surface area contributed by atoms with Crippen LogP contribution in [-0.2, 0) is 9.53 Å². The van der Waals surface area contributed by atoms with E-state index in [0.717, 1.165) is 0 Å². The first-order valence-corrected chi connectivity index (χ1v) is 10.1. The minimum absolute atomic E-state index is 0.134. The van der Waals surface area contributed by atoms with Gasteiger partial charge in [0.15, 0.2) is 29.6 Å². The molecule has 1 aliphatic rings. The number of halogens is 1. The molecule has 0 N–H and O–H groups in total. The number of cyclic esters (lactones) is 1. The van der Waals surface area contributed by atoms with Crippen LogP contribution in [0.1, 0.15) is 21.5 Å². The molecule has 0 saturated heterocycles. The van der Waals surface area contributed by atoms with Crippen LogP contribution in [0.25, 0.3) is 6.08 Å². The number of esters is 1. The topological polar surface area (TPSA) is 74.2 Å². The molecule has 7 heteroatoms. The van der Waals surface area contributed by atoms with Crippen LogP contribution in [-0.4, -0.2) is 31.4 Å². The molecule has 3 aromatic rings. The Morgan fingerprint density at radius 3 is 2.44 bits per heavy atom. The monoisotopic (exact) mass is 447 g/mol. The summed E-state index contributed by atoms with van der Waals surface area (Å²) in [6, 6.07) is 21.2. The van der Waals surface area contributed by atoms with Gasteiger partial charge in [-0.25, -0.2) is 9.79 Å². The Morgan fingerprint density at radius 1 is 1.06 bits per heavy atom. The van der Waals surface area contributed by atoms with Crippen molar-refractivity contribution in [3.63, 3.8) is 0 Å². The van der Waals surface area contributed by atoms with Gasteiger partial charge in [0.25, 0.3) is 0 Å². The Morgan fingerprint density at radius 2 is 1.75 bits per heavy atom. The molecule has 0 bridgehead atoms. The molecule has 4 rings (SSSR count). The highest BCUT2D eigenvalue weighted by molar-refractivity contribution is 6.32. The number of hydrogen-bond donors (Lipinski definition) is 0. The summed E-state index contributed by atoms with van der Waals surface area (Å²) >= 11 is 6.39. The molecule has 32 heavy (non-hydrogen) atoms. The average molecular weight is 448 g/mol. The van der Waals surface area contributed by atoms with Crippen molar-refractivity contribution >= 4 is 35.3 Å². The Labute approximate surface area is 189 Å². The highest BCUT2D eigenvalue weighted by Gasteiger charge is 2.24. The lowest BCUT2D eigenvalue weighted by Crippen LogP contribution is -2.12. The molecule has 0 spiro atoms. The summed E-state index contributed by atoms with van der Waals surface area (Å²) in [5, 5.41) is 0.232.